The summed E-state index contributed by atoms with van der Waals surface area (Å²) in [4.78, 5) is 0. The second-order valence-electron chi connectivity index (χ2n) is 3.94. The third-order valence-corrected chi connectivity index (χ3v) is 2.78. The minimum atomic E-state index is 0.803. The zero-order chi connectivity index (χ0) is 9.26. The predicted molar refractivity (Wildman–Crippen MR) is 56.8 cm³/mol. The molecule has 1 fully saturated rings. The molecule has 0 radical (unpaired) electrons. The van der Waals surface area contributed by atoms with Crippen LogP contribution in [0.25, 0.3) is 0 Å². The number of hydrogen-bond donors (Lipinski definition) is 0. The van der Waals surface area contributed by atoms with Gasteiger partial charge in [-0.1, -0.05) is 42.0 Å². The summed E-state index contributed by atoms with van der Waals surface area (Å²) in [5.74, 6) is 1.62. The Labute approximate surface area is 80.3 Å². The van der Waals surface area contributed by atoms with Gasteiger partial charge in [0, 0.05) is 0 Å². The minimum Gasteiger partial charge on any atom is -0.0914 e. The fourth-order valence-electron chi connectivity index (χ4n) is 1.87. The van der Waals surface area contributed by atoms with Crippen molar-refractivity contribution in [2.45, 2.75) is 26.2 Å². The molecule has 0 bridgehead atoms. The lowest BCUT2D eigenvalue weighted by atomic mass is 10.1. The summed E-state index contributed by atoms with van der Waals surface area (Å²) >= 11 is 0. The van der Waals surface area contributed by atoms with E-state index in [1.807, 2.05) is 0 Å². The van der Waals surface area contributed by atoms with Crippen LogP contribution in [0.4, 0.5) is 0 Å². The van der Waals surface area contributed by atoms with Gasteiger partial charge in [0.1, 0.15) is 0 Å². The van der Waals surface area contributed by atoms with Crippen molar-refractivity contribution in [2.75, 3.05) is 0 Å². The Morgan fingerprint density at radius 1 is 1.23 bits per heavy atom. The van der Waals surface area contributed by atoms with E-state index in [9.17, 15) is 0 Å². The molecule has 68 valence electrons. The van der Waals surface area contributed by atoms with E-state index in [2.05, 4.69) is 50.3 Å². The van der Waals surface area contributed by atoms with Gasteiger partial charge in [-0.25, -0.2) is 0 Å². The molecule has 0 nitrogen and oxygen atoms in total. The first kappa shape index (κ1) is 8.55. The van der Waals surface area contributed by atoms with Crippen LogP contribution in [0, 0.1) is 12.8 Å². The van der Waals surface area contributed by atoms with Gasteiger partial charge in [0.25, 0.3) is 0 Å². The highest BCUT2D eigenvalue weighted by Gasteiger charge is 2.35. The molecular formula is C13H16. The maximum Gasteiger partial charge on any atom is -0.00930 e. The average molecular weight is 172 g/mol. The standard InChI is InChI=1S/C13H16/c1-3-4-12-9-13(12)11-7-5-10(2)6-8-11/h3-8,12-13H,9H2,1-2H3/b4-3+/t12-,13-/m0/s1. The van der Waals surface area contributed by atoms with Gasteiger partial charge in [-0.05, 0) is 37.7 Å². The Kier molecular flexibility index (Phi) is 2.22. The molecule has 1 aliphatic rings. The molecular weight excluding hydrogens is 156 g/mol. The molecule has 13 heavy (non-hydrogen) atoms. The summed E-state index contributed by atoms with van der Waals surface area (Å²) < 4.78 is 0. The summed E-state index contributed by atoms with van der Waals surface area (Å²) in [7, 11) is 0. The van der Waals surface area contributed by atoms with Crippen LogP contribution in [0.15, 0.2) is 36.4 Å². The number of hydrogen-bond acceptors (Lipinski definition) is 0. The molecule has 0 aliphatic heterocycles. The molecule has 1 aliphatic carbocycles. The van der Waals surface area contributed by atoms with Crippen LogP contribution in [0.5, 0.6) is 0 Å². The Hall–Kier alpha value is -1.04. The van der Waals surface area contributed by atoms with Crippen LogP contribution in [0.1, 0.15) is 30.4 Å². The fourth-order valence-corrected chi connectivity index (χ4v) is 1.87. The quantitative estimate of drug-likeness (QED) is 0.597. The van der Waals surface area contributed by atoms with Gasteiger partial charge in [0.2, 0.25) is 0 Å². The molecule has 2 rings (SSSR count). The molecule has 0 amide bonds. The van der Waals surface area contributed by atoms with E-state index in [0.29, 0.717) is 0 Å². The largest absolute Gasteiger partial charge is 0.0914 e. The van der Waals surface area contributed by atoms with Crippen molar-refractivity contribution in [1.29, 1.82) is 0 Å². The van der Waals surface area contributed by atoms with Gasteiger partial charge in [-0.15, -0.1) is 0 Å². The Balaban J connectivity index is 2.08. The SMILES string of the molecule is C/C=C/[C@H]1C[C@H]1c1ccc(C)cc1. The maximum atomic E-state index is 2.32. The lowest BCUT2D eigenvalue weighted by molar-refractivity contribution is 1.01. The van der Waals surface area contributed by atoms with Gasteiger partial charge in [0.05, 0.1) is 0 Å². The molecule has 0 unspecified atom stereocenters. The van der Waals surface area contributed by atoms with E-state index in [4.69, 9.17) is 0 Å². The summed E-state index contributed by atoms with van der Waals surface area (Å²) in [6, 6.07) is 8.95. The average Bonchev–Trinajstić information content (AvgIpc) is 2.86. The second kappa shape index (κ2) is 3.37. The van der Waals surface area contributed by atoms with Crippen LogP contribution in [-0.4, -0.2) is 0 Å². The molecule has 0 heterocycles. The van der Waals surface area contributed by atoms with Gasteiger partial charge >= 0.3 is 0 Å². The third kappa shape index (κ3) is 1.82. The predicted octanol–water partition coefficient (Wildman–Crippen LogP) is 3.67. The number of allylic oxidation sites excluding steroid dienone is 2. The van der Waals surface area contributed by atoms with Crippen LogP contribution < -0.4 is 0 Å². The number of aryl methyl sites for hydroxylation is 1. The zero-order valence-corrected chi connectivity index (χ0v) is 8.33. The van der Waals surface area contributed by atoms with Crippen LogP contribution in [0.2, 0.25) is 0 Å². The van der Waals surface area contributed by atoms with Crippen molar-refractivity contribution in [3.05, 3.63) is 47.5 Å². The van der Waals surface area contributed by atoms with Gasteiger partial charge in [0.15, 0.2) is 0 Å². The normalized spacial score (nSPS) is 26.6. The van der Waals surface area contributed by atoms with E-state index in [1.165, 1.54) is 17.5 Å². The van der Waals surface area contributed by atoms with Crippen LogP contribution >= 0.6 is 0 Å². The van der Waals surface area contributed by atoms with Crippen molar-refractivity contribution in [1.82, 2.24) is 0 Å². The van der Waals surface area contributed by atoms with E-state index in [0.717, 1.165) is 11.8 Å². The topological polar surface area (TPSA) is 0 Å². The Morgan fingerprint density at radius 3 is 2.54 bits per heavy atom. The molecule has 0 saturated heterocycles. The summed E-state index contributed by atoms with van der Waals surface area (Å²) in [5, 5.41) is 0. The Morgan fingerprint density at radius 2 is 1.92 bits per heavy atom. The zero-order valence-electron chi connectivity index (χ0n) is 8.33. The van der Waals surface area contributed by atoms with E-state index in [1.54, 1.807) is 0 Å². The fraction of sp³-hybridized carbons (Fsp3) is 0.385. The first-order valence-electron chi connectivity index (χ1n) is 5.00. The van der Waals surface area contributed by atoms with Crippen molar-refractivity contribution >= 4 is 0 Å². The highest BCUT2D eigenvalue weighted by molar-refractivity contribution is 5.30. The smallest absolute Gasteiger partial charge is 0.00930 e. The monoisotopic (exact) mass is 172 g/mol. The van der Waals surface area contributed by atoms with E-state index < -0.39 is 0 Å². The highest BCUT2D eigenvalue weighted by atomic mass is 14.4. The Bertz CT molecular complexity index is 305. The molecule has 0 heteroatoms. The first-order valence-corrected chi connectivity index (χ1v) is 5.00. The van der Waals surface area contributed by atoms with E-state index in [-0.39, 0.29) is 0 Å². The van der Waals surface area contributed by atoms with Gasteiger partial charge in [-0.3, -0.25) is 0 Å². The lowest BCUT2D eigenvalue weighted by Crippen LogP contribution is -1.81. The summed E-state index contributed by atoms with van der Waals surface area (Å²) in [5.41, 5.74) is 2.86. The second-order valence-corrected chi connectivity index (χ2v) is 3.94. The maximum absolute atomic E-state index is 2.32. The van der Waals surface area contributed by atoms with Crippen molar-refractivity contribution in [3.8, 4) is 0 Å². The van der Waals surface area contributed by atoms with Crippen molar-refractivity contribution in [3.63, 3.8) is 0 Å². The van der Waals surface area contributed by atoms with E-state index >= 15 is 0 Å². The number of benzene rings is 1. The van der Waals surface area contributed by atoms with Crippen LogP contribution in [-0.2, 0) is 0 Å². The third-order valence-electron chi connectivity index (χ3n) is 2.78. The minimum absolute atomic E-state index is 0.803. The molecule has 1 aromatic carbocycles. The number of rotatable bonds is 2. The molecule has 1 saturated carbocycles. The molecule has 0 N–H and O–H groups in total. The highest BCUT2D eigenvalue weighted by Crippen LogP contribution is 2.48. The lowest BCUT2D eigenvalue weighted by Gasteiger charge is -1.98. The molecule has 2 atom stereocenters. The summed E-state index contributed by atoms with van der Waals surface area (Å²) in [6.45, 7) is 4.24. The molecule has 0 aromatic heterocycles. The molecule has 1 aromatic rings. The first-order chi connectivity index (χ1) is 6.31. The van der Waals surface area contributed by atoms with Crippen molar-refractivity contribution in [2.24, 2.45) is 5.92 Å². The summed E-state index contributed by atoms with van der Waals surface area (Å²) in [6.07, 6.45) is 5.83. The van der Waals surface area contributed by atoms with Crippen LogP contribution in [0.3, 0.4) is 0 Å². The molecule has 0 spiro atoms. The van der Waals surface area contributed by atoms with Gasteiger partial charge < -0.3 is 0 Å². The van der Waals surface area contributed by atoms with Gasteiger partial charge in [-0.2, -0.15) is 0 Å². The van der Waals surface area contributed by atoms with Crippen molar-refractivity contribution < 1.29 is 0 Å².